The molecule has 0 fully saturated rings. The molecular formula is C13H18N4O. The molecule has 0 aliphatic carbocycles. The molecule has 0 amide bonds. The Balaban J connectivity index is 2.16. The Hall–Kier alpha value is -1.88. The van der Waals surface area contributed by atoms with Gasteiger partial charge >= 0.3 is 6.01 Å². The Labute approximate surface area is 107 Å². The highest BCUT2D eigenvalue weighted by molar-refractivity contribution is 5.57. The topological polar surface area (TPSA) is 63.0 Å². The standard InChI is InChI=1S/C13H18N4O/c1-4-10-7-5-6-8-11(10)15-13-17-16-12(18-13)9(2)14-3/h5-9,14H,4H2,1-3H3,(H,15,17). The average Bonchev–Trinajstić information content (AvgIpc) is 2.87. The third-order valence-corrected chi connectivity index (χ3v) is 2.88. The van der Waals surface area contributed by atoms with Crippen LogP contribution in [0.5, 0.6) is 0 Å². The predicted molar refractivity (Wildman–Crippen MR) is 70.9 cm³/mol. The number of benzene rings is 1. The van der Waals surface area contributed by atoms with E-state index in [9.17, 15) is 0 Å². The van der Waals surface area contributed by atoms with E-state index < -0.39 is 0 Å². The molecule has 1 aromatic heterocycles. The lowest BCUT2D eigenvalue weighted by Gasteiger charge is -2.07. The number of aromatic nitrogens is 2. The molecule has 0 bridgehead atoms. The summed E-state index contributed by atoms with van der Waals surface area (Å²) in [4.78, 5) is 0. The van der Waals surface area contributed by atoms with E-state index in [-0.39, 0.29) is 6.04 Å². The van der Waals surface area contributed by atoms with E-state index in [0.717, 1.165) is 12.1 Å². The Bertz CT molecular complexity index is 509. The van der Waals surface area contributed by atoms with Crippen LogP contribution >= 0.6 is 0 Å². The highest BCUT2D eigenvalue weighted by atomic mass is 16.4. The van der Waals surface area contributed by atoms with Crippen LogP contribution in [0.15, 0.2) is 28.7 Å². The van der Waals surface area contributed by atoms with E-state index in [1.54, 1.807) is 0 Å². The van der Waals surface area contributed by atoms with Gasteiger partial charge in [0.15, 0.2) is 0 Å². The van der Waals surface area contributed by atoms with Crippen molar-refractivity contribution in [3.8, 4) is 0 Å². The van der Waals surface area contributed by atoms with Gasteiger partial charge in [-0.1, -0.05) is 30.2 Å². The van der Waals surface area contributed by atoms with Crippen LogP contribution in [-0.4, -0.2) is 17.2 Å². The van der Waals surface area contributed by atoms with Gasteiger partial charge in [-0.15, -0.1) is 5.10 Å². The minimum absolute atomic E-state index is 0.0504. The number of nitrogens with zero attached hydrogens (tertiary/aromatic N) is 2. The van der Waals surface area contributed by atoms with Gasteiger partial charge in [-0.2, -0.15) is 0 Å². The van der Waals surface area contributed by atoms with Gasteiger partial charge in [0.1, 0.15) is 0 Å². The lowest BCUT2D eigenvalue weighted by Crippen LogP contribution is -2.12. The molecule has 0 spiro atoms. The number of para-hydroxylation sites is 1. The molecular weight excluding hydrogens is 228 g/mol. The summed E-state index contributed by atoms with van der Waals surface area (Å²) in [7, 11) is 1.86. The summed E-state index contributed by atoms with van der Waals surface area (Å²) in [5.74, 6) is 0.578. The van der Waals surface area contributed by atoms with Gasteiger partial charge in [-0.3, -0.25) is 0 Å². The molecule has 1 unspecified atom stereocenters. The lowest BCUT2D eigenvalue weighted by molar-refractivity contribution is 0.443. The summed E-state index contributed by atoms with van der Waals surface area (Å²) in [6.45, 7) is 4.08. The van der Waals surface area contributed by atoms with Crippen molar-refractivity contribution in [3.63, 3.8) is 0 Å². The molecule has 96 valence electrons. The molecule has 2 rings (SSSR count). The van der Waals surface area contributed by atoms with E-state index in [1.165, 1.54) is 5.56 Å². The quantitative estimate of drug-likeness (QED) is 0.849. The van der Waals surface area contributed by atoms with Gasteiger partial charge in [-0.25, -0.2) is 0 Å². The van der Waals surface area contributed by atoms with Crippen molar-refractivity contribution in [2.75, 3.05) is 12.4 Å². The number of aryl methyl sites for hydroxylation is 1. The first-order valence-corrected chi connectivity index (χ1v) is 6.10. The number of nitrogens with one attached hydrogen (secondary N) is 2. The second-order valence-corrected chi connectivity index (χ2v) is 4.09. The first-order chi connectivity index (χ1) is 8.74. The first kappa shape index (κ1) is 12.6. The Kier molecular flexibility index (Phi) is 3.94. The Morgan fingerprint density at radius 1 is 1.28 bits per heavy atom. The van der Waals surface area contributed by atoms with Crippen molar-refractivity contribution in [1.29, 1.82) is 0 Å². The SMILES string of the molecule is CCc1ccccc1Nc1nnc(C(C)NC)o1. The molecule has 1 aromatic carbocycles. The summed E-state index contributed by atoms with van der Waals surface area (Å²) in [6, 6.07) is 8.56. The van der Waals surface area contributed by atoms with Crippen LogP contribution in [0.1, 0.15) is 31.3 Å². The van der Waals surface area contributed by atoms with Gasteiger partial charge in [0.05, 0.1) is 6.04 Å². The Morgan fingerprint density at radius 2 is 2.06 bits per heavy atom. The molecule has 0 aliphatic rings. The molecule has 0 aliphatic heterocycles. The van der Waals surface area contributed by atoms with Crippen molar-refractivity contribution in [2.24, 2.45) is 0 Å². The van der Waals surface area contributed by atoms with E-state index in [2.05, 4.69) is 33.8 Å². The maximum Gasteiger partial charge on any atom is 0.320 e. The lowest BCUT2D eigenvalue weighted by atomic mass is 10.1. The normalized spacial score (nSPS) is 12.4. The fourth-order valence-corrected chi connectivity index (χ4v) is 1.65. The number of hydrogen-bond acceptors (Lipinski definition) is 5. The van der Waals surface area contributed by atoms with Crippen LogP contribution in [-0.2, 0) is 6.42 Å². The zero-order valence-corrected chi connectivity index (χ0v) is 10.9. The highest BCUT2D eigenvalue weighted by Crippen LogP contribution is 2.21. The first-order valence-electron chi connectivity index (χ1n) is 6.10. The van der Waals surface area contributed by atoms with E-state index in [1.807, 2.05) is 32.2 Å². The van der Waals surface area contributed by atoms with Crippen molar-refractivity contribution in [1.82, 2.24) is 15.5 Å². The minimum Gasteiger partial charge on any atom is -0.406 e. The van der Waals surface area contributed by atoms with Crippen LogP contribution < -0.4 is 10.6 Å². The number of hydrogen-bond donors (Lipinski definition) is 2. The smallest absolute Gasteiger partial charge is 0.320 e. The van der Waals surface area contributed by atoms with Gasteiger partial charge in [0.2, 0.25) is 5.89 Å². The largest absolute Gasteiger partial charge is 0.406 e. The van der Waals surface area contributed by atoms with Crippen LogP contribution in [0.25, 0.3) is 0 Å². The fraction of sp³-hybridized carbons (Fsp3) is 0.385. The maximum atomic E-state index is 5.54. The molecule has 2 N–H and O–H groups in total. The molecule has 1 atom stereocenters. The molecule has 0 radical (unpaired) electrons. The van der Waals surface area contributed by atoms with Crippen molar-refractivity contribution in [3.05, 3.63) is 35.7 Å². The predicted octanol–water partition coefficient (Wildman–Crippen LogP) is 2.66. The summed E-state index contributed by atoms with van der Waals surface area (Å²) < 4.78 is 5.54. The third-order valence-electron chi connectivity index (χ3n) is 2.88. The summed E-state index contributed by atoms with van der Waals surface area (Å²) >= 11 is 0. The highest BCUT2D eigenvalue weighted by Gasteiger charge is 2.12. The van der Waals surface area contributed by atoms with Crippen LogP contribution in [0.4, 0.5) is 11.7 Å². The molecule has 5 heteroatoms. The monoisotopic (exact) mass is 246 g/mol. The van der Waals surface area contributed by atoms with Gasteiger partial charge in [0.25, 0.3) is 0 Å². The molecule has 18 heavy (non-hydrogen) atoms. The molecule has 5 nitrogen and oxygen atoms in total. The van der Waals surface area contributed by atoms with Crippen LogP contribution in [0, 0.1) is 0 Å². The van der Waals surface area contributed by atoms with E-state index >= 15 is 0 Å². The maximum absolute atomic E-state index is 5.54. The zero-order valence-electron chi connectivity index (χ0n) is 10.9. The van der Waals surface area contributed by atoms with E-state index in [4.69, 9.17) is 4.42 Å². The second-order valence-electron chi connectivity index (χ2n) is 4.09. The summed E-state index contributed by atoms with van der Waals surface area (Å²) in [5.41, 5.74) is 2.23. The minimum atomic E-state index is 0.0504. The van der Waals surface area contributed by atoms with Crippen LogP contribution in [0.2, 0.25) is 0 Å². The van der Waals surface area contributed by atoms with E-state index in [0.29, 0.717) is 11.9 Å². The number of anilines is 2. The van der Waals surface area contributed by atoms with Crippen molar-refractivity contribution in [2.45, 2.75) is 26.3 Å². The van der Waals surface area contributed by atoms with Crippen LogP contribution in [0.3, 0.4) is 0 Å². The molecule has 0 saturated carbocycles. The number of rotatable bonds is 5. The molecule has 0 saturated heterocycles. The third kappa shape index (κ3) is 2.68. The second kappa shape index (κ2) is 5.64. The molecule has 1 heterocycles. The Morgan fingerprint density at radius 3 is 2.78 bits per heavy atom. The zero-order chi connectivity index (χ0) is 13.0. The fourth-order valence-electron chi connectivity index (χ4n) is 1.65. The van der Waals surface area contributed by atoms with Gasteiger partial charge in [-0.05, 0) is 32.0 Å². The van der Waals surface area contributed by atoms with Crippen molar-refractivity contribution < 1.29 is 4.42 Å². The average molecular weight is 246 g/mol. The van der Waals surface area contributed by atoms with Crippen molar-refractivity contribution >= 4 is 11.7 Å². The summed E-state index contributed by atoms with van der Waals surface area (Å²) in [5, 5.41) is 14.2. The van der Waals surface area contributed by atoms with Gasteiger partial charge < -0.3 is 15.1 Å². The molecule has 2 aromatic rings. The summed E-state index contributed by atoms with van der Waals surface area (Å²) in [6.07, 6.45) is 0.955. The van der Waals surface area contributed by atoms with Gasteiger partial charge in [0, 0.05) is 5.69 Å².